The Bertz CT molecular complexity index is 720. The minimum Gasteiger partial charge on any atom is -0.373 e. The van der Waals surface area contributed by atoms with Crippen LogP contribution in [0.2, 0.25) is 0 Å². The second-order valence-corrected chi connectivity index (χ2v) is 6.24. The Balaban J connectivity index is 0.00000182. The van der Waals surface area contributed by atoms with E-state index >= 15 is 0 Å². The number of ether oxygens (including phenoxy) is 1. The fourth-order valence-corrected chi connectivity index (χ4v) is 3.52. The molecular weight excluding hydrogens is 431 g/mol. The maximum Gasteiger partial charge on any atom is 0.191 e. The van der Waals surface area contributed by atoms with Crippen LogP contribution in [0.25, 0.3) is 5.82 Å². The zero-order valence-electron chi connectivity index (χ0n) is 14.1. The van der Waals surface area contributed by atoms with Gasteiger partial charge in [0, 0.05) is 37.7 Å². The van der Waals surface area contributed by atoms with Crippen LogP contribution < -0.4 is 10.6 Å². The maximum absolute atomic E-state index is 5.90. The number of nitrogens with zero attached hydrogens (tertiary/aromatic N) is 4. The number of hydrogen-bond donors (Lipinski definition) is 2. The molecule has 2 aliphatic rings. The molecule has 25 heavy (non-hydrogen) atoms. The Morgan fingerprint density at radius 2 is 2.32 bits per heavy atom. The molecule has 8 heteroatoms. The molecule has 2 saturated heterocycles. The summed E-state index contributed by atoms with van der Waals surface area (Å²) in [5.41, 5.74) is 1.09. The molecule has 0 amide bonds. The number of imidazole rings is 1. The van der Waals surface area contributed by atoms with Crippen LogP contribution in [0, 0.1) is 0 Å². The van der Waals surface area contributed by atoms with E-state index in [1.807, 2.05) is 16.8 Å². The average molecular weight is 454 g/mol. The predicted octanol–water partition coefficient (Wildman–Crippen LogP) is 1.87. The molecule has 4 heterocycles. The minimum atomic E-state index is 0. The molecule has 2 aromatic rings. The summed E-state index contributed by atoms with van der Waals surface area (Å²) in [7, 11) is 1.80. The molecule has 2 fully saturated rings. The lowest BCUT2D eigenvalue weighted by atomic mass is 9.96. The summed E-state index contributed by atoms with van der Waals surface area (Å²) in [6, 6.07) is 4.36. The normalized spacial score (nSPS) is 24.8. The molecule has 7 nitrogen and oxygen atoms in total. The Kier molecular flexibility index (Phi) is 5.89. The second-order valence-electron chi connectivity index (χ2n) is 6.24. The van der Waals surface area contributed by atoms with Crippen molar-refractivity contribution in [2.75, 3.05) is 7.05 Å². The van der Waals surface area contributed by atoms with Gasteiger partial charge in [0.1, 0.15) is 12.1 Å². The van der Waals surface area contributed by atoms with Crippen molar-refractivity contribution >= 4 is 29.9 Å². The van der Waals surface area contributed by atoms with Crippen molar-refractivity contribution in [3.63, 3.8) is 0 Å². The van der Waals surface area contributed by atoms with E-state index in [1.165, 1.54) is 6.42 Å². The van der Waals surface area contributed by atoms with Gasteiger partial charge in [-0.05, 0) is 25.3 Å². The smallest absolute Gasteiger partial charge is 0.191 e. The van der Waals surface area contributed by atoms with Gasteiger partial charge in [0.2, 0.25) is 0 Å². The van der Waals surface area contributed by atoms with E-state index in [2.05, 4.69) is 31.7 Å². The van der Waals surface area contributed by atoms with Crippen molar-refractivity contribution in [1.29, 1.82) is 0 Å². The highest BCUT2D eigenvalue weighted by Crippen LogP contribution is 2.34. The highest BCUT2D eigenvalue weighted by Gasteiger charge is 2.41. The predicted molar refractivity (Wildman–Crippen MR) is 106 cm³/mol. The summed E-state index contributed by atoms with van der Waals surface area (Å²) in [6.07, 6.45) is 11.4. The summed E-state index contributed by atoms with van der Waals surface area (Å²) in [4.78, 5) is 12.9. The van der Waals surface area contributed by atoms with Crippen molar-refractivity contribution in [1.82, 2.24) is 25.2 Å². The van der Waals surface area contributed by atoms with Gasteiger partial charge in [-0.2, -0.15) is 0 Å². The lowest BCUT2D eigenvalue weighted by Gasteiger charge is -2.23. The quantitative estimate of drug-likeness (QED) is 0.419. The summed E-state index contributed by atoms with van der Waals surface area (Å²) in [6.45, 7) is 0.642. The number of aliphatic imine (C=N–C) groups is 1. The molecule has 2 aliphatic heterocycles. The largest absolute Gasteiger partial charge is 0.373 e. The van der Waals surface area contributed by atoms with Crippen LogP contribution in [0.1, 0.15) is 24.8 Å². The molecule has 2 N–H and O–H groups in total. The van der Waals surface area contributed by atoms with Gasteiger partial charge in [0.15, 0.2) is 5.96 Å². The molecule has 3 unspecified atom stereocenters. The van der Waals surface area contributed by atoms with E-state index < -0.39 is 0 Å². The van der Waals surface area contributed by atoms with Gasteiger partial charge >= 0.3 is 0 Å². The van der Waals surface area contributed by atoms with Crippen molar-refractivity contribution in [2.24, 2.45) is 4.99 Å². The fraction of sp³-hybridized carbons (Fsp3) is 0.471. The first-order valence-electron chi connectivity index (χ1n) is 8.38. The van der Waals surface area contributed by atoms with E-state index in [-0.39, 0.29) is 24.0 Å². The topological polar surface area (TPSA) is 76.4 Å². The van der Waals surface area contributed by atoms with E-state index in [9.17, 15) is 0 Å². The summed E-state index contributed by atoms with van der Waals surface area (Å²) in [5, 5.41) is 6.88. The number of aromatic nitrogens is 3. The Morgan fingerprint density at radius 1 is 1.40 bits per heavy atom. The molecule has 134 valence electrons. The van der Waals surface area contributed by atoms with Gasteiger partial charge in [-0.3, -0.25) is 9.56 Å². The van der Waals surface area contributed by atoms with Gasteiger partial charge in [-0.15, -0.1) is 24.0 Å². The van der Waals surface area contributed by atoms with Crippen LogP contribution in [0.4, 0.5) is 0 Å². The van der Waals surface area contributed by atoms with Crippen LogP contribution in [-0.2, 0) is 11.3 Å². The molecule has 3 atom stereocenters. The molecule has 0 spiro atoms. The molecule has 0 radical (unpaired) electrons. The van der Waals surface area contributed by atoms with Gasteiger partial charge in [0.25, 0.3) is 0 Å². The van der Waals surface area contributed by atoms with Crippen LogP contribution in [-0.4, -0.2) is 45.8 Å². The van der Waals surface area contributed by atoms with E-state index in [4.69, 9.17) is 4.74 Å². The average Bonchev–Trinajstić information content (AvgIpc) is 3.36. The monoisotopic (exact) mass is 454 g/mol. The highest BCUT2D eigenvalue weighted by molar-refractivity contribution is 14.0. The molecule has 0 aromatic carbocycles. The number of nitrogens with one attached hydrogen (secondary N) is 2. The van der Waals surface area contributed by atoms with Gasteiger partial charge in [0.05, 0.1) is 18.2 Å². The van der Waals surface area contributed by atoms with Gasteiger partial charge in [-0.1, -0.05) is 6.07 Å². The molecule has 2 bridgehead atoms. The number of halogens is 1. The molecular formula is C17H23IN6O. The van der Waals surface area contributed by atoms with Gasteiger partial charge in [-0.25, -0.2) is 9.97 Å². The summed E-state index contributed by atoms with van der Waals surface area (Å²) >= 11 is 0. The third-order valence-electron chi connectivity index (χ3n) is 4.71. The third kappa shape index (κ3) is 3.95. The summed E-state index contributed by atoms with van der Waals surface area (Å²) < 4.78 is 7.81. The van der Waals surface area contributed by atoms with Crippen molar-refractivity contribution in [3.8, 4) is 5.82 Å². The van der Waals surface area contributed by atoms with Crippen molar-refractivity contribution in [3.05, 3.63) is 42.6 Å². The molecule has 4 rings (SSSR count). The number of pyridine rings is 1. The Labute approximate surface area is 164 Å². The standard InChI is InChI=1S/C17H22N6O.HI/c1-18-17(22-14-9-13-4-5-15(14)24-13)21-10-12-3-2-6-20-16(12)23-8-7-19-11-23;/h2-3,6-8,11,13-15H,4-5,9-10H2,1H3,(H2,18,21,22);1H. The zero-order chi connectivity index (χ0) is 16.4. The SMILES string of the molecule is CN=C(NCc1cccnc1-n1ccnc1)NC1CC2CCC1O2.I. The number of hydrogen-bond acceptors (Lipinski definition) is 4. The molecule has 2 aromatic heterocycles. The molecule has 0 saturated carbocycles. The maximum atomic E-state index is 5.90. The first-order chi connectivity index (χ1) is 11.8. The lowest BCUT2D eigenvalue weighted by molar-refractivity contribution is 0.0992. The highest BCUT2D eigenvalue weighted by atomic mass is 127. The number of guanidine groups is 1. The molecule has 0 aliphatic carbocycles. The van der Waals surface area contributed by atoms with E-state index in [0.717, 1.165) is 30.2 Å². The van der Waals surface area contributed by atoms with Crippen LogP contribution in [0.3, 0.4) is 0 Å². The van der Waals surface area contributed by atoms with Crippen LogP contribution in [0.15, 0.2) is 42.0 Å². The summed E-state index contributed by atoms with van der Waals surface area (Å²) in [5.74, 6) is 1.68. The Morgan fingerprint density at radius 3 is 3.00 bits per heavy atom. The zero-order valence-corrected chi connectivity index (χ0v) is 16.5. The van der Waals surface area contributed by atoms with Crippen molar-refractivity contribution in [2.45, 2.75) is 44.1 Å². The Hall–Kier alpha value is -1.68. The number of rotatable bonds is 4. The third-order valence-corrected chi connectivity index (χ3v) is 4.71. The van der Waals surface area contributed by atoms with Crippen LogP contribution in [0.5, 0.6) is 0 Å². The minimum absolute atomic E-state index is 0. The van der Waals surface area contributed by atoms with Crippen LogP contribution >= 0.6 is 24.0 Å². The number of fused-ring (bicyclic) bond motifs is 2. The lowest BCUT2D eigenvalue weighted by Crippen LogP contribution is -2.47. The van der Waals surface area contributed by atoms with E-state index in [0.29, 0.717) is 24.8 Å². The first-order valence-corrected chi connectivity index (χ1v) is 8.38. The van der Waals surface area contributed by atoms with E-state index in [1.54, 1.807) is 25.8 Å². The first kappa shape index (κ1) is 18.1. The van der Waals surface area contributed by atoms with Gasteiger partial charge < -0.3 is 15.4 Å². The van der Waals surface area contributed by atoms with Crippen molar-refractivity contribution < 1.29 is 4.74 Å². The second kappa shape index (κ2) is 8.13. The fourth-order valence-electron chi connectivity index (χ4n) is 3.52.